The van der Waals surface area contributed by atoms with Crippen molar-refractivity contribution in [1.29, 1.82) is 0 Å². The molecule has 0 aliphatic carbocycles. The van der Waals surface area contributed by atoms with Crippen LogP contribution < -0.4 is 5.32 Å². The summed E-state index contributed by atoms with van der Waals surface area (Å²) in [5, 5.41) is 3.01. The zero-order valence-electron chi connectivity index (χ0n) is 18.5. The van der Waals surface area contributed by atoms with Gasteiger partial charge in [-0.3, -0.25) is 4.79 Å². The van der Waals surface area contributed by atoms with Gasteiger partial charge in [0.05, 0.1) is 6.61 Å². The van der Waals surface area contributed by atoms with E-state index in [2.05, 4.69) is 5.32 Å². The Kier molecular flexibility index (Phi) is 11.3. The van der Waals surface area contributed by atoms with Gasteiger partial charge in [-0.1, -0.05) is 55.4 Å². The Morgan fingerprint density at radius 2 is 1.94 bits per heavy atom. The van der Waals surface area contributed by atoms with Crippen LogP contribution in [0.2, 0.25) is 0 Å². The van der Waals surface area contributed by atoms with E-state index in [4.69, 9.17) is 4.74 Å². The summed E-state index contributed by atoms with van der Waals surface area (Å²) in [6.07, 6.45) is 1.90. The lowest BCUT2D eigenvalue weighted by atomic mass is 10.2. The molecule has 0 radical (unpaired) electrons. The first-order valence-electron chi connectivity index (χ1n) is 10.8. The van der Waals surface area contributed by atoms with Crippen LogP contribution >= 0.6 is 28.7 Å². The SMILES string of the molecule is Br.CCCCOC(=O)N1C[C@H](SC(=O)c2ccccc2)C[C@H]1CNCc1cc(F)ccc1F. The lowest BCUT2D eigenvalue weighted by Gasteiger charge is -2.24. The molecular weight excluding hydrogens is 514 g/mol. The molecule has 0 unspecified atom stereocenters. The van der Waals surface area contributed by atoms with E-state index >= 15 is 0 Å². The van der Waals surface area contributed by atoms with Gasteiger partial charge in [0.2, 0.25) is 5.12 Å². The second-order valence-corrected chi connectivity index (χ2v) is 9.04. The van der Waals surface area contributed by atoms with Crippen LogP contribution in [0.25, 0.3) is 0 Å². The first-order chi connectivity index (χ1) is 15.5. The van der Waals surface area contributed by atoms with Crippen molar-refractivity contribution in [2.24, 2.45) is 0 Å². The van der Waals surface area contributed by atoms with Crippen molar-refractivity contribution >= 4 is 40.0 Å². The van der Waals surface area contributed by atoms with Crippen LogP contribution in [0.4, 0.5) is 13.6 Å². The molecule has 1 aliphatic rings. The highest BCUT2D eigenvalue weighted by Crippen LogP contribution is 2.30. The Morgan fingerprint density at radius 1 is 1.18 bits per heavy atom. The number of amides is 1. The van der Waals surface area contributed by atoms with Crippen molar-refractivity contribution in [3.05, 3.63) is 71.3 Å². The quantitative estimate of drug-likeness (QED) is 0.419. The minimum atomic E-state index is -0.499. The summed E-state index contributed by atoms with van der Waals surface area (Å²) in [7, 11) is 0. The maximum Gasteiger partial charge on any atom is 0.410 e. The average molecular weight is 543 g/mol. The van der Waals surface area contributed by atoms with Crippen molar-refractivity contribution in [2.45, 2.75) is 44.0 Å². The van der Waals surface area contributed by atoms with Crippen LogP contribution in [0.1, 0.15) is 42.1 Å². The Labute approximate surface area is 208 Å². The molecular formula is C24H29BrF2N2O3S. The molecule has 1 heterocycles. The van der Waals surface area contributed by atoms with Gasteiger partial charge in [-0.15, -0.1) is 17.0 Å². The van der Waals surface area contributed by atoms with E-state index in [0.29, 0.717) is 31.7 Å². The number of nitrogens with one attached hydrogen (secondary N) is 1. The predicted octanol–water partition coefficient (Wildman–Crippen LogP) is 5.59. The summed E-state index contributed by atoms with van der Waals surface area (Å²) < 4.78 is 32.7. The summed E-state index contributed by atoms with van der Waals surface area (Å²) in [6, 6.07) is 12.2. The monoisotopic (exact) mass is 542 g/mol. The van der Waals surface area contributed by atoms with E-state index in [1.165, 1.54) is 11.8 Å². The van der Waals surface area contributed by atoms with Crippen molar-refractivity contribution < 1.29 is 23.1 Å². The minimum absolute atomic E-state index is 0. The molecule has 1 amide bonds. The molecule has 1 fully saturated rings. The number of ether oxygens (including phenoxy) is 1. The van der Waals surface area contributed by atoms with E-state index in [9.17, 15) is 18.4 Å². The number of carbonyl (C=O) groups is 2. The van der Waals surface area contributed by atoms with E-state index < -0.39 is 17.7 Å². The van der Waals surface area contributed by atoms with Gasteiger partial charge in [-0.25, -0.2) is 13.6 Å². The highest BCUT2D eigenvalue weighted by Gasteiger charge is 2.37. The fourth-order valence-corrected chi connectivity index (χ4v) is 4.74. The third-order valence-corrected chi connectivity index (χ3v) is 6.45. The molecule has 2 aromatic carbocycles. The maximum atomic E-state index is 13.9. The Morgan fingerprint density at radius 3 is 2.67 bits per heavy atom. The smallest absolute Gasteiger partial charge is 0.410 e. The number of nitrogens with zero attached hydrogens (tertiary/aromatic N) is 1. The maximum absolute atomic E-state index is 13.9. The Bertz CT molecular complexity index is 920. The number of unbranched alkanes of at least 4 members (excludes halogenated alkanes) is 1. The molecule has 0 bridgehead atoms. The number of hydrogen-bond donors (Lipinski definition) is 1. The molecule has 3 rings (SSSR count). The molecule has 5 nitrogen and oxygen atoms in total. The van der Waals surface area contributed by atoms with Gasteiger partial charge in [-0.05, 0) is 31.0 Å². The highest BCUT2D eigenvalue weighted by atomic mass is 79.9. The van der Waals surface area contributed by atoms with Crippen molar-refractivity contribution in [1.82, 2.24) is 10.2 Å². The first-order valence-corrected chi connectivity index (χ1v) is 11.7. The van der Waals surface area contributed by atoms with Gasteiger partial charge in [-0.2, -0.15) is 0 Å². The number of thioether (sulfide) groups is 1. The molecule has 1 N–H and O–H groups in total. The molecule has 180 valence electrons. The number of likely N-dealkylation sites (tertiary alicyclic amines) is 1. The number of hydrogen-bond acceptors (Lipinski definition) is 5. The van der Waals surface area contributed by atoms with Crippen molar-refractivity contribution in [3.63, 3.8) is 0 Å². The minimum Gasteiger partial charge on any atom is -0.449 e. The number of halogens is 3. The fraction of sp³-hybridized carbons (Fsp3) is 0.417. The normalized spacial score (nSPS) is 17.5. The second kappa shape index (κ2) is 13.7. The molecule has 2 aromatic rings. The third kappa shape index (κ3) is 8.08. The average Bonchev–Trinajstić information content (AvgIpc) is 3.19. The summed E-state index contributed by atoms with van der Waals surface area (Å²) in [5.74, 6) is -0.982. The molecule has 1 saturated heterocycles. The summed E-state index contributed by atoms with van der Waals surface area (Å²) in [4.78, 5) is 26.9. The van der Waals surface area contributed by atoms with Gasteiger partial charge in [0.1, 0.15) is 11.6 Å². The lowest BCUT2D eigenvalue weighted by Crippen LogP contribution is -2.42. The topological polar surface area (TPSA) is 58.6 Å². The first kappa shape index (κ1) is 27.3. The molecule has 0 aromatic heterocycles. The van der Waals surface area contributed by atoms with E-state index in [1.54, 1.807) is 17.0 Å². The van der Waals surface area contributed by atoms with Gasteiger partial charge < -0.3 is 15.0 Å². The Balaban J connectivity index is 0.00000385. The largest absolute Gasteiger partial charge is 0.449 e. The van der Waals surface area contributed by atoms with Crippen molar-refractivity contribution in [2.75, 3.05) is 19.7 Å². The zero-order valence-corrected chi connectivity index (χ0v) is 21.0. The van der Waals surface area contributed by atoms with Crippen LogP contribution in [-0.2, 0) is 11.3 Å². The zero-order chi connectivity index (χ0) is 22.9. The summed E-state index contributed by atoms with van der Waals surface area (Å²) >= 11 is 1.22. The predicted molar refractivity (Wildman–Crippen MR) is 132 cm³/mol. The van der Waals surface area contributed by atoms with E-state index in [-0.39, 0.29) is 45.5 Å². The van der Waals surface area contributed by atoms with E-state index in [0.717, 1.165) is 31.0 Å². The van der Waals surface area contributed by atoms with Crippen LogP contribution in [-0.4, -0.2) is 47.1 Å². The fourth-order valence-electron chi connectivity index (χ4n) is 3.61. The van der Waals surface area contributed by atoms with Crippen LogP contribution in [0.3, 0.4) is 0 Å². The van der Waals surface area contributed by atoms with Crippen LogP contribution in [0.15, 0.2) is 48.5 Å². The summed E-state index contributed by atoms with van der Waals surface area (Å²) in [5.41, 5.74) is 0.850. The van der Waals surface area contributed by atoms with Gasteiger partial charge >= 0.3 is 6.09 Å². The second-order valence-electron chi connectivity index (χ2n) is 7.77. The standard InChI is InChI=1S/C24H28F2N2O3S.BrH/c1-2-3-11-31-24(30)28-16-21(32-23(29)17-7-5-4-6-8-17)13-20(28)15-27-14-18-12-19(25)9-10-22(18)26;/h4-10,12,20-21,27H,2-3,11,13-16H2,1H3;1H/t20-,21+;/m0./s1. The molecule has 1 aliphatic heterocycles. The number of benzene rings is 2. The molecule has 0 spiro atoms. The van der Waals surface area contributed by atoms with E-state index in [1.807, 2.05) is 25.1 Å². The van der Waals surface area contributed by atoms with Gasteiger partial charge in [0, 0.05) is 42.1 Å². The molecule has 0 saturated carbocycles. The Hall–Kier alpha value is -1.97. The highest BCUT2D eigenvalue weighted by molar-refractivity contribution is 8.93. The number of rotatable bonds is 9. The van der Waals surface area contributed by atoms with Crippen molar-refractivity contribution in [3.8, 4) is 0 Å². The number of carbonyl (C=O) groups excluding carboxylic acids is 2. The molecule has 2 atom stereocenters. The summed E-state index contributed by atoms with van der Waals surface area (Å²) in [6.45, 7) is 3.29. The van der Waals surface area contributed by atoms with Gasteiger partial charge in [0.15, 0.2) is 0 Å². The third-order valence-electron chi connectivity index (χ3n) is 5.32. The van der Waals surface area contributed by atoms with Crippen LogP contribution in [0, 0.1) is 11.6 Å². The van der Waals surface area contributed by atoms with Gasteiger partial charge in [0.25, 0.3) is 0 Å². The molecule has 9 heteroatoms. The van der Waals surface area contributed by atoms with Crippen LogP contribution in [0.5, 0.6) is 0 Å². The lowest BCUT2D eigenvalue weighted by molar-refractivity contribution is 0.0965. The molecule has 33 heavy (non-hydrogen) atoms.